The molecule has 0 aliphatic rings. The summed E-state index contributed by atoms with van der Waals surface area (Å²) in [4.78, 5) is 0. The lowest BCUT2D eigenvalue weighted by Gasteiger charge is -2.06. The fourth-order valence-corrected chi connectivity index (χ4v) is 2.96. The van der Waals surface area contributed by atoms with Crippen molar-refractivity contribution in [1.29, 1.82) is 5.26 Å². The maximum absolute atomic E-state index is 8.88. The zero-order valence-electron chi connectivity index (χ0n) is 7.35. The molecule has 6 heteroatoms. The van der Waals surface area contributed by atoms with Crippen LogP contribution in [-0.4, -0.2) is 11.2 Å². The van der Waals surface area contributed by atoms with Gasteiger partial charge >= 0.3 is 0 Å². The molecule has 0 amide bonds. The normalized spacial score (nSPS) is 10.2. The zero-order valence-corrected chi connectivity index (χ0v) is 12.1. The minimum Gasteiger partial charge on any atom is -0.361 e. The van der Waals surface area contributed by atoms with E-state index in [2.05, 4.69) is 53.9 Å². The third-order valence-electron chi connectivity index (χ3n) is 1.62. The van der Waals surface area contributed by atoms with Crippen LogP contribution in [0.5, 0.6) is 0 Å². The molecular weight excluding hydrogens is 380 g/mol. The van der Waals surface area contributed by atoms with Gasteiger partial charge in [-0.2, -0.15) is 5.26 Å². The number of hydrogen-bond donors (Lipinski definition) is 0. The first-order chi connectivity index (χ1) is 6.63. The summed E-state index contributed by atoms with van der Waals surface area (Å²) in [5.74, 6) is 0. The number of hydrogen-bond acceptors (Lipinski definition) is 2. The van der Waals surface area contributed by atoms with Gasteiger partial charge in [0.25, 0.3) is 0 Å². The second kappa shape index (κ2) is 5.31. The Kier molecular flexibility index (Phi) is 4.64. The zero-order chi connectivity index (χ0) is 10.7. The fraction of sp³-hybridized carbons (Fsp3) is 0.375. The average Bonchev–Trinajstić information content (AvgIpc) is 2.37. The number of ether oxygens (including phenoxy) is 1. The fourth-order valence-electron chi connectivity index (χ4n) is 0.924. The largest absolute Gasteiger partial charge is 0.361 e. The predicted octanol–water partition coefficient (Wildman–Crippen LogP) is 3.64. The molecule has 0 aliphatic heterocycles. The summed E-state index contributed by atoms with van der Waals surface area (Å²) >= 11 is 10.0. The van der Waals surface area contributed by atoms with E-state index >= 15 is 0 Å². The van der Waals surface area contributed by atoms with Crippen LogP contribution in [0.15, 0.2) is 13.7 Å². The number of halogens is 3. The maximum Gasteiger partial charge on any atom is 0.124 e. The van der Waals surface area contributed by atoms with Gasteiger partial charge in [-0.1, -0.05) is 0 Å². The molecule has 1 aromatic rings. The van der Waals surface area contributed by atoms with Crippen LogP contribution in [0.2, 0.25) is 0 Å². The van der Waals surface area contributed by atoms with Crippen LogP contribution in [0.3, 0.4) is 0 Å². The van der Waals surface area contributed by atoms with Gasteiger partial charge in [0.15, 0.2) is 0 Å². The van der Waals surface area contributed by atoms with E-state index in [9.17, 15) is 0 Å². The van der Waals surface area contributed by atoms with Crippen molar-refractivity contribution in [3.63, 3.8) is 0 Å². The van der Waals surface area contributed by atoms with Crippen LogP contribution in [-0.2, 0) is 11.5 Å². The minimum absolute atomic E-state index is 0.415. The average molecular weight is 387 g/mol. The van der Waals surface area contributed by atoms with E-state index < -0.39 is 0 Å². The number of rotatable bonds is 3. The Bertz CT molecular complexity index is 381. The van der Waals surface area contributed by atoms with Gasteiger partial charge < -0.3 is 9.30 Å². The summed E-state index contributed by atoms with van der Waals surface area (Å²) in [6, 6.07) is 2.10. The number of aromatic nitrogens is 1. The Morgan fingerprint density at radius 1 is 1.36 bits per heavy atom. The molecule has 0 unspecified atom stereocenters. The Balaban J connectivity index is 3.12. The summed E-state index contributed by atoms with van der Waals surface area (Å²) in [6.45, 7) is 2.97. The van der Waals surface area contributed by atoms with Crippen molar-refractivity contribution >= 4 is 47.8 Å². The van der Waals surface area contributed by atoms with Crippen molar-refractivity contribution in [2.45, 2.75) is 13.7 Å². The minimum atomic E-state index is 0.415. The van der Waals surface area contributed by atoms with E-state index in [1.54, 1.807) is 0 Å². The molecule has 0 aromatic carbocycles. The second-order valence-electron chi connectivity index (χ2n) is 2.43. The summed E-state index contributed by atoms with van der Waals surface area (Å²) in [5.41, 5.74) is 0.566. The van der Waals surface area contributed by atoms with E-state index in [4.69, 9.17) is 10.00 Å². The smallest absolute Gasteiger partial charge is 0.124 e. The van der Waals surface area contributed by atoms with E-state index in [0.29, 0.717) is 23.5 Å². The predicted molar refractivity (Wildman–Crippen MR) is 63.9 cm³/mol. The van der Waals surface area contributed by atoms with E-state index in [0.717, 1.165) is 9.08 Å². The van der Waals surface area contributed by atoms with Crippen molar-refractivity contribution in [3.05, 3.63) is 19.2 Å². The van der Waals surface area contributed by atoms with Gasteiger partial charge in [0.05, 0.1) is 10.0 Å². The molecule has 1 aromatic heterocycles. The van der Waals surface area contributed by atoms with Gasteiger partial charge in [-0.25, -0.2) is 0 Å². The SMILES string of the molecule is CCOCn1c(Br)c(Br)c(C#N)c1Br. The van der Waals surface area contributed by atoms with Crippen molar-refractivity contribution in [1.82, 2.24) is 4.57 Å². The molecule has 0 atom stereocenters. The molecule has 3 nitrogen and oxygen atoms in total. The topological polar surface area (TPSA) is 38.0 Å². The third kappa shape index (κ3) is 2.22. The molecular formula is C8H7Br3N2O. The quantitative estimate of drug-likeness (QED) is 0.795. The van der Waals surface area contributed by atoms with Crippen molar-refractivity contribution in [3.8, 4) is 6.07 Å². The molecule has 0 fully saturated rings. The summed E-state index contributed by atoms with van der Waals surface area (Å²) < 4.78 is 9.35. The molecule has 0 spiro atoms. The summed E-state index contributed by atoms with van der Waals surface area (Å²) in [5, 5.41) is 8.88. The van der Waals surface area contributed by atoms with Crippen LogP contribution in [0, 0.1) is 11.3 Å². The van der Waals surface area contributed by atoms with E-state index in [1.807, 2.05) is 11.5 Å². The molecule has 0 bridgehead atoms. The van der Waals surface area contributed by atoms with Gasteiger partial charge in [0.2, 0.25) is 0 Å². The number of nitriles is 1. The van der Waals surface area contributed by atoms with Gasteiger partial charge in [-0.3, -0.25) is 0 Å². The van der Waals surface area contributed by atoms with Gasteiger partial charge in [0, 0.05) is 6.61 Å². The van der Waals surface area contributed by atoms with Crippen LogP contribution >= 0.6 is 47.8 Å². The van der Waals surface area contributed by atoms with Crippen LogP contribution in [0.25, 0.3) is 0 Å². The van der Waals surface area contributed by atoms with Crippen LogP contribution < -0.4 is 0 Å². The molecule has 0 aliphatic carbocycles. The van der Waals surface area contributed by atoms with E-state index in [1.165, 1.54) is 0 Å². The van der Waals surface area contributed by atoms with Crippen molar-refractivity contribution < 1.29 is 4.74 Å². The molecule has 0 N–H and O–H groups in total. The molecule has 0 radical (unpaired) electrons. The van der Waals surface area contributed by atoms with Gasteiger partial charge in [0.1, 0.15) is 22.0 Å². The standard InChI is InChI=1S/C8H7Br3N2O/c1-2-14-4-13-7(10)5(3-12)6(9)8(13)11/h2,4H2,1H3. The van der Waals surface area contributed by atoms with Gasteiger partial charge in [-0.05, 0) is 54.7 Å². The first-order valence-electron chi connectivity index (χ1n) is 3.84. The molecule has 0 saturated carbocycles. The Hall–Kier alpha value is 0.170. The first kappa shape index (κ1) is 12.2. The lowest BCUT2D eigenvalue weighted by Crippen LogP contribution is -2.02. The van der Waals surface area contributed by atoms with Crippen molar-refractivity contribution in [2.24, 2.45) is 0 Å². The molecule has 14 heavy (non-hydrogen) atoms. The maximum atomic E-state index is 8.88. The number of nitrogens with zero attached hydrogens (tertiary/aromatic N) is 2. The lowest BCUT2D eigenvalue weighted by atomic mass is 10.4. The molecule has 0 saturated heterocycles. The van der Waals surface area contributed by atoms with Crippen LogP contribution in [0.4, 0.5) is 0 Å². The first-order valence-corrected chi connectivity index (χ1v) is 6.22. The van der Waals surface area contributed by atoms with Gasteiger partial charge in [-0.15, -0.1) is 0 Å². The molecule has 1 heterocycles. The molecule has 1 rings (SSSR count). The lowest BCUT2D eigenvalue weighted by molar-refractivity contribution is 0.0851. The highest BCUT2D eigenvalue weighted by Gasteiger charge is 2.17. The second-order valence-corrected chi connectivity index (χ2v) is 4.73. The van der Waals surface area contributed by atoms with Crippen molar-refractivity contribution in [2.75, 3.05) is 6.61 Å². The summed E-state index contributed by atoms with van der Waals surface area (Å²) in [6.07, 6.45) is 0. The third-order valence-corrected chi connectivity index (χ3v) is 4.57. The Morgan fingerprint density at radius 2 is 2.00 bits per heavy atom. The highest BCUT2D eigenvalue weighted by Crippen LogP contribution is 2.35. The Morgan fingerprint density at radius 3 is 2.43 bits per heavy atom. The highest BCUT2D eigenvalue weighted by molar-refractivity contribution is 9.13. The van der Waals surface area contributed by atoms with Crippen LogP contribution in [0.1, 0.15) is 12.5 Å². The molecule has 76 valence electrons. The monoisotopic (exact) mass is 384 g/mol. The Labute approximate surface area is 107 Å². The highest BCUT2D eigenvalue weighted by atomic mass is 79.9. The van der Waals surface area contributed by atoms with E-state index in [-0.39, 0.29) is 0 Å². The summed E-state index contributed by atoms with van der Waals surface area (Å²) in [7, 11) is 0.